The normalized spacial score (nSPS) is 20.1. The van der Waals surface area contributed by atoms with Crippen molar-refractivity contribution < 1.29 is 0 Å². The predicted octanol–water partition coefficient (Wildman–Crippen LogP) is 2.74. The minimum absolute atomic E-state index is 0.338. The van der Waals surface area contributed by atoms with Gasteiger partial charge in [0.2, 0.25) is 0 Å². The number of hydrogen-bond donors (Lipinski definition) is 2. The van der Waals surface area contributed by atoms with Gasteiger partial charge in [-0.1, -0.05) is 19.8 Å². The summed E-state index contributed by atoms with van der Waals surface area (Å²) in [7, 11) is 0. The molecule has 1 aliphatic rings. The molecule has 0 radical (unpaired) electrons. The van der Waals surface area contributed by atoms with Crippen molar-refractivity contribution in [1.29, 1.82) is 0 Å². The number of rotatable bonds is 5. The molecule has 2 aromatic rings. The van der Waals surface area contributed by atoms with Crippen LogP contribution in [0.25, 0.3) is 4.96 Å². The van der Waals surface area contributed by atoms with Gasteiger partial charge in [0.25, 0.3) is 0 Å². The van der Waals surface area contributed by atoms with Crippen molar-refractivity contribution in [3.8, 4) is 0 Å². The molecular formula is C14H22N4S. The predicted molar refractivity (Wildman–Crippen MR) is 79.1 cm³/mol. The van der Waals surface area contributed by atoms with Gasteiger partial charge >= 0.3 is 0 Å². The number of imidazole rings is 1. The number of nitrogens with two attached hydrogens (primary N) is 1. The van der Waals surface area contributed by atoms with E-state index in [0.717, 1.165) is 17.1 Å². The second-order valence-corrected chi connectivity index (χ2v) is 6.54. The lowest BCUT2D eigenvalue weighted by Crippen LogP contribution is -2.48. The average Bonchev–Trinajstić information content (AvgIpc) is 3.11. The molecule has 1 unspecified atom stereocenters. The van der Waals surface area contributed by atoms with Crippen LogP contribution in [0, 0.1) is 5.41 Å². The molecule has 1 fully saturated rings. The quantitative estimate of drug-likeness (QED) is 0.653. The Morgan fingerprint density at radius 3 is 2.95 bits per heavy atom. The molecule has 4 nitrogen and oxygen atoms in total. The molecule has 0 aliphatic heterocycles. The maximum Gasteiger partial charge on any atom is 0.193 e. The van der Waals surface area contributed by atoms with Crippen LogP contribution >= 0.6 is 11.3 Å². The Hall–Kier alpha value is -0.910. The van der Waals surface area contributed by atoms with E-state index in [1.54, 1.807) is 11.3 Å². The van der Waals surface area contributed by atoms with Crippen LogP contribution in [-0.4, -0.2) is 15.4 Å². The minimum Gasteiger partial charge on any atom is -0.297 e. The molecular weight excluding hydrogens is 256 g/mol. The second-order valence-electron chi connectivity index (χ2n) is 5.67. The highest BCUT2D eigenvalue weighted by atomic mass is 32.1. The Labute approximate surface area is 118 Å². The summed E-state index contributed by atoms with van der Waals surface area (Å²) < 4.78 is 2.10. The fraction of sp³-hybridized carbons (Fsp3) is 0.643. The number of aromatic nitrogens is 2. The lowest BCUT2D eigenvalue weighted by Gasteiger charge is -2.36. The number of thiazole rings is 1. The van der Waals surface area contributed by atoms with E-state index in [-0.39, 0.29) is 0 Å². The van der Waals surface area contributed by atoms with Crippen molar-refractivity contribution in [2.24, 2.45) is 11.3 Å². The fourth-order valence-electron chi connectivity index (χ4n) is 3.56. The number of hydrogen-bond acceptors (Lipinski definition) is 4. The van der Waals surface area contributed by atoms with E-state index in [1.165, 1.54) is 32.1 Å². The number of nitrogens with one attached hydrogen (secondary N) is 1. The van der Waals surface area contributed by atoms with Crippen molar-refractivity contribution >= 4 is 16.3 Å². The van der Waals surface area contributed by atoms with Crippen molar-refractivity contribution in [1.82, 2.24) is 14.8 Å². The van der Waals surface area contributed by atoms with Gasteiger partial charge in [-0.3, -0.25) is 15.7 Å². The van der Waals surface area contributed by atoms with E-state index in [0.29, 0.717) is 11.5 Å². The first-order valence-corrected chi connectivity index (χ1v) is 8.02. The Morgan fingerprint density at radius 2 is 2.32 bits per heavy atom. The molecule has 0 bridgehead atoms. The second kappa shape index (κ2) is 5.23. The summed E-state index contributed by atoms with van der Waals surface area (Å²) in [6, 6.07) is 0.338. The largest absolute Gasteiger partial charge is 0.297 e. The summed E-state index contributed by atoms with van der Waals surface area (Å²) in [4.78, 5) is 5.76. The van der Waals surface area contributed by atoms with Gasteiger partial charge in [-0.05, 0) is 24.7 Å². The minimum atomic E-state index is 0.338. The third-order valence-corrected chi connectivity index (χ3v) is 5.57. The van der Waals surface area contributed by atoms with E-state index < -0.39 is 0 Å². The molecule has 5 heteroatoms. The Bertz CT molecular complexity index is 510. The van der Waals surface area contributed by atoms with Gasteiger partial charge in [0, 0.05) is 30.2 Å². The first-order chi connectivity index (χ1) is 9.27. The molecule has 104 valence electrons. The topological polar surface area (TPSA) is 55.3 Å². The summed E-state index contributed by atoms with van der Waals surface area (Å²) in [5.74, 6) is 5.85. The molecule has 3 rings (SSSR count). The summed E-state index contributed by atoms with van der Waals surface area (Å²) in [5, 5.41) is 2.06. The SMILES string of the molecule is CCC1(C(Cc2cn3ccsc3n2)NN)CCCC1. The van der Waals surface area contributed by atoms with Crippen molar-refractivity contribution in [3.05, 3.63) is 23.5 Å². The highest BCUT2D eigenvalue weighted by Crippen LogP contribution is 2.44. The Kier molecular flexibility index (Phi) is 3.60. The van der Waals surface area contributed by atoms with Crippen LogP contribution in [0.4, 0.5) is 0 Å². The Morgan fingerprint density at radius 1 is 1.53 bits per heavy atom. The molecule has 1 saturated carbocycles. The highest BCUT2D eigenvalue weighted by Gasteiger charge is 2.39. The summed E-state index contributed by atoms with van der Waals surface area (Å²) in [6.07, 6.45) is 11.6. The smallest absolute Gasteiger partial charge is 0.193 e. The van der Waals surface area contributed by atoms with Crippen LogP contribution in [0.15, 0.2) is 17.8 Å². The van der Waals surface area contributed by atoms with E-state index in [9.17, 15) is 0 Å². The van der Waals surface area contributed by atoms with Gasteiger partial charge in [-0.15, -0.1) is 11.3 Å². The zero-order valence-corrected chi connectivity index (χ0v) is 12.2. The third-order valence-electron chi connectivity index (χ3n) is 4.80. The number of hydrazine groups is 1. The first kappa shape index (κ1) is 13.1. The summed E-state index contributed by atoms with van der Waals surface area (Å²) in [5.41, 5.74) is 4.59. The molecule has 0 spiro atoms. The van der Waals surface area contributed by atoms with Gasteiger partial charge < -0.3 is 0 Å². The molecule has 19 heavy (non-hydrogen) atoms. The lowest BCUT2D eigenvalue weighted by atomic mass is 9.75. The molecule has 3 N–H and O–H groups in total. The molecule has 0 aromatic carbocycles. The molecule has 1 atom stereocenters. The van der Waals surface area contributed by atoms with Crippen LogP contribution in [0.3, 0.4) is 0 Å². The van der Waals surface area contributed by atoms with E-state index in [4.69, 9.17) is 5.84 Å². The van der Waals surface area contributed by atoms with Crippen molar-refractivity contribution in [2.45, 2.75) is 51.5 Å². The number of fused-ring (bicyclic) bond motifs is 1. The maximum absolute atomic E-state index is 5.85. The van der Waals surface area contributed by atoms with Crippen LogP contribution < -0.4 is 11.3 Å². The van der Waals surface area contributed by atoms with E-state index in [2.05, 4.69) is 39.5 Å². The monoisotopic (exact) mass is 278 g/mol. The van der Waals surface area contributed by atoms with Gasteiger partial charge in [0.15, 0.2) is 4.96 Å². The van der Waals surface area contributed by atoms with Crippen LogP contribution in [0.1, 0.15) is 44.7 Å². The van der Waals surface area contributed by atoms with E-state index >= 15 is 0 Å². The summed E-state index contributed by atoms with van der Waals surface area (Å²) in [6.45, 7) is 2.29. The molecule has 2 heterocycles. The molecule has 0 saturated heterocycles. The number of nitrogens with zero attached hydrogens (tertiary/aromatic N) is 2. The molecule has 0 amide bonds. The molecule has 1 aliphatic carbocycles. The fourth-order valence-corrected chi connectivity index (χ4v) is 4.28. The van der Waals surface area contributed by atoms with Crippen LogP contribution in [0.5, 0.6) is 0 Å². The standard InChI is InChI=1S/C14H22N4S/c1-2-14(5-3-4-6-14)12(17-15)9-11-10-18-7-8-19-13(18)16-11/h7-8,10,12,17H,2-6,9,15H2,1H3. The van der Waals surface area contributed by atoms with Crippen LogP contribution in [0.2, 0.25) is 0 Å². The van der Waals surface area contributed by atoms with Gasteiger partial charge in [-0.25, -0.2) is 4.98 Å². The third kappa shape index (κ3) is 2.30. The van der Waals surface area contributed by atoms with Gasteiger partial charge in [0.05, 0.1) is 5.69 Å². The van der Waals surface area contributed by atoms with Crippen molar-refractivity contribution in [2.75, 3.05) is 0 Å². The lowest BCUT2D eigenvalue weighted by molar-refractivity contribution is 0.184. The first-order valence-electron chi connectivity index (χ1n) is 7.14. The zero-order chi connectivity index (χ0) is 13.3. The average molecular weight is 278 g/mol. The van der Waals surface area contributed by atoms with Crippen molar-refractivity contribution in [3.63, 3.8) is 0 Å². The maximum atomic E-state index is 5.85. The highest BCUT2D eigenvalue weighted by molar-refractivity contribution is 7.15. The molecule has 2 aromatic heterocycles. The Balaban J connectivity index is 1.80. The van der Waals surface area contributed by atoms with E-state index in [1.807, 2.05) is 0 Å². The van der Waals surface area contributed by atoms with Gasteiger partial charge in [-0.2, -0.15) is 0 Å². The van der Waals surface area contributed by atoms with Gasteiger partial charge in [0.1, 0.15) is 0 Å². The summed E-state index contributed by atoms with van der Waals surface area (Å²) >= 11 is 1.68. The zero-order valence-electron chi connectivity index (χ0n) is 11.4. The van der Waals surface area contributed by atoms with Crippen LogP contribution in [-0.2, 0) is 6.42 Å².